The summed E-state index contributed by atoms with van der Waals surface area (Å²) in [5, 5.41) is 0. The average Bonchev–Trinajstić information content (AvgIpc) is 3.09. The predicted octanol–water partition coefficient (Wildman–Crippen LogP) is 3.37. The van der Waals surface area contributed by atoms with Gasteiger partial charge in [0, 0.05) is 57.8 Å². The van der Waals surface area contributed by atoms with Crippen LogP contribution in [0.1, 0.15) is 23.5 Å². The van der Waals surface area contributed by atoms with Crippen LogP contribution in [0.25, 0.3) is 0 Å². The van der Waals surface area contributed by atoms with E-state index in [1.54, 1.807) is 19.8 Å². The number of nitrogens with zero attached hydrogens (tertiary/aromatic N) is 3. The molecule has 2 aromatic rings. The summed E-state index contributed by atoms with van der Waals surface area (Å²) in [5.74, 6) is 2.40. The summed E-state index contributed by atoms with van der Waals surface area (Å²) in [6.07, 6.45) is 2.26. The normalized spacial score (nSPS) is 23.0. The van der Waals surface area contributed by atoms with E-state index in [4.69, 9.17) is 9.47 Å². The van der Waals surface area contributed by atoms with Crippen molar-refractivity contribution >= 4 is 11.4 Å². The lowest BCUT2D eigenvalue weighted by Gasteiger charge is -2.41. The summed E-state index contributed by atoms with van der Waals surface area (Å²) in [5.41, 5.74) is 5.74. The van der Waals surface area contributed by atoms with Gasteiger partial charge in [0.1, 0.15) is 11.5 Å². The number of likely N-dealkylation sites (tertiary alicyclic amines) is 1. The zero-order valence-corrected chi connectivity index (χ0v) is 17.7. The number of para-hydroxylation sites is 1. The van der Waals surface area contributed by atoms with Gasteiger partial charge in [0.15, 0.2) is 0 Å². The van der Waals surface area contributed by atoms with Gasteiger partial charge < -0.3 is 24.2 Å². The highest BCUT2D eigenvalue weighted by molar-refractivity contribution is 5.80. The fourth-order valence-corrected chi connectivity index (χ4v) is 5.52. The van der Waals surface area contributed by atoms with Gasteiger partial charge in [0.05, 0.1) is 25.6 Å². The molecule has 0 spiro atoms. The van der Waals surface area contributed by atoms with E-state index in [1.807, 2.05) is 12.1 Å². The Bertz CT molecular complexity index is 900. The van der Waals surface area contributed by atoms with E-state index in [0.29, 0.717) is 12.0 Å². The first-order valence-electron chi connectivity index (χ1n) is 10.7. The van der Waals surface area contributed by atoms with Gasteiger partial charge >= 0.3 is 0 Å². The molecule has 154 valence electrons. The molecular weight excluding hydrogens is 362 g/mol. The summed E-state index contributed by atoms with van der Waals surface area (Å²) < 4.78 is 10.9. The van der Waals surface area contributed by atoms with Crippen LogP contribution in [0.15, 0.2) is 36.4 Å². The van der Waals surface area contributed by atoms with Gasteiger partial charge in [-0.05, 0) is 36.1 Å². The van der Waals surface area contributed by atoms with Crippen LogP contribution >= 0.6 is 0 Å². The first kappa shape index (κ1) is 18.6. The zero-order valence-electron chi connectivity index (χ0n) is 17.7. The standard InChI is InChI=1S/C24H31N3O2/c1-25-13-14-27-21-10-12-26(16-20(21)19-5-4-6-22(25)24(19)27)11-9-17-7-8-18(28-2)15-23(17)29-3/h4-8,15,20-21H,9-14,16H2,1-3H3/t20-,21-/m0/s1. The molecule has 2 aromatic carbocycles. The molecule has 0 bridgehead atoms. The molecule has 0 amide bonds. The summed E-state index contributed by atoms with van der Waals surface area (Å²) in [7, 11) is 5.66. The Balaban J connectivity index is 1.31. The number of benzene rings is 2. The smallest absolute Gasteiger partial charge is 0.125 e. The Morgan fingerprint density at radius 2 is 1.93 bits per heavy atom. The Hall–Kier alpha value is -2.40. The van der Waals surface area contributed by atoms with Crippen molar-refractivity contribution in [2.75, 3.05) is 63.8 Å². The van der Waals surface area contributed by atoms with Crippen molar-refractivity contribution in [3.63, 3.8) is 0 Å². The van der Waals surface area contributed by atoms with Gasteiger partial charge in [-0.3, -0.25) is 0 Å². The van der Waals surface area contributed by atoms with E-state index in [9.17, 15) is 0 Å². The Morgan fingerprint density at radius 3 is 2.76 bits per heavy atom. The van der Waals surface area contributed by atoms with Gasteiger partial charge in [-0.2, -0.15) is 0 Å². The van der Waals surface area contributed by atoms with E-state index in [1.165, 1.54) is 29.9 Å². The van der Waals surface area contributed by atoms with Gasteiger partial charge in [-0.1, -0.05) is 18.2 Å². The minimum atomic E-state index is 0.628. The lowest BCUT2D eigenvalue weighted by atomic mass is 9.89. The van der Waals surface area contributed by atoms with E-state index >= 15 is 0 Å². The molecule has 0 unspecified atom stereocenters. The molecule has 3 aliphatic heterocycles. The topological polar surface area (TPSA) is 28.2 Å². The summed E-state index contributed by atoms with van der Waals surface area (Å²) >= 11 is 0. The van der Waals surface area contributed by atoms with E-state index in [0.717, 1.165) is 44.1 Å². The number of hydrogen-bond donors (Lipinski definition) is 0. The number of ether oxygens (including phenoxy) is 2. The molecule has 3 aliphatic rings. The van der Waals surface area contributed by atoms with Crippen LogP contribution in [0.2, 0.25) is 0 Å². The minimum absolute atomic E-state index is 0.628. The monoisotopic (exact) mass is 393 g/mol. The minimum Gasteiger partial charge on any atom is -0.497 e. The number of fused-ring (bicyclic) bond motifs is 3. The van der Waals surface area contributed by atoms with Crippen LogP contribution in [0.5, 0.6) is 11.5 Å². The lowest BCUT2D eigenvalue weighted by molar-refractivity contribution is 0.195. The van der Waals surface area contributed by atoms with Crippen molar-refractivity contribution in [1.82, 2.24) is 4.90 Å². The quantitative estimate of drug-likeness (QED) is 0.777. The second-order valence-electron chi connectivity index (χ2n) is 8.52. The summed E-state index contributed by atoms with van der Waals surface area (Å²) in [6.45, 7) is 5.68. The van der Waals surface area contributed by atoms with E-state index in [2.05, 4.69) is 46.0 Å². The highest BCUT2D eigenvalue weighted by Gasteiger charge is 2.44. The van der Waals surface area contributed by atoms with E-state index in [-0.39, 0.29) is 0 Å². The van der Waals surface area contributed by atoms with Crippen LogP contribution in [0.3, 0.4) is 0 Å². The number of methoxy groups -OCH3 is 2. The molecule has 3 heterocycles. The maximum absolute atomic E-state index is 5.59. The maximum atomic E-state index is 5.59. The van der Waals surface area contributed by atoms with Crippen molar-refractivity contribution in [2.24, 2.45) is 0 Å². The van der Waals surface area contributed by atoms with Gasteiger partial charge in [0.2, 0.25) is 0 Å². The third kappa shape index (κ3) is 3.12. The Labute approximate surface area is 173 Å². The van der Waals surface area contributed by atoms with Gasteiger partial charge in [-0.15, -0.1) is 0 Å². The number of hydrogen-bond acceptors (Lipinski definition) is 5. The van der Waals surface area contributed by atoms with Crippen molar-refractivity contribution < 1.29 is 9.47 Å². The van der Waals surface area contributed by atoms with Crippen molar-refractivity contribution in [1.29, 1.82) is 0 Å². The SMILES string of the molecule is COc1ccc(CCN2CC[C@H]3[C@@H](C2)c2cccc4c2N3CCN4C)c(OC)c1. The second-order valence-corrected chi connectivity index (χ2v) is 8.52. The molecular formula is C24H31N3O2. The molecule has 29 heavy (non-hydrogen) atoms. The maximum Gasteiger partial charge on any atom is 0.125 e. The largest absolute Gasteiger partial charge is 0.497 e. The van der Waals surface area contributed by atoms with Crippen LogP contribution in [0.4, 0.5) is 11.4 Å². The first-order chi connectivity index (χ1) is 14.2. The van der Waals surface area contributed by atoms with Gasteiger partial charge in [-0.25, -0.2) is 0 Å². The third-order valence-corrected chi connectivity index (χ3v) is 7.07. The molecule has 5 nitrogen and oxygen atoms in total. The Morgan fingerprint density at radius 1 is 1.03 bits per heavy atom. The molecule has 0 aromatic heterocycles. The number of likely N-dealkylation sites (N-methyl/N-ethyl adjacent to an activating group) is 1. The van der Waals surface area contributed by atoms with Crippen LogP contribution in [0, 0.1) is 0 Å². The lowest BCUT2D eigenvalue weighted by Crippen LogP contribution is -2.49. The van der Waals surface area contributed by atoms with Crippen LogP contribution in [-0.2, 0) is 6.42 Å². The molecule has 5 rings (SSSR count). The number of piperidine rings is 1. The molecule has 0 N–H and O–H groups in total. The zero-order chi connectivity index (χ0) is 20.0. The second kappa shape index (κ2) is 7.45. The van der Waals surface area contributed by atoms with Crippen molar-refractivity contribution in [3.8, 4) is 11.5 Å². The van der Waals surface area contributed by atoms with Crippen molar-refractivity contribution in [2.45, 2.75) is 24.8 Å². The average molecular weight is 394 g/mol. The number of rotatable bonds is 5. The molecule has 0 aliphatic carbocycles. The number of anilines is 2. The van der Waals surface area contributed by atoms with Crippen LogP contribution in [-0.4, -0.2) is 64.9 Å². The molecule has 0 saturated carbocycles. The predicted molar refractivity (Wildman–Crippen MR) is 118 cm³/mol. The molecule has 1 fully saturated rings. The summed E-state index contributed by atoms with van der Waals surface area (Å²) in [4.78, 5) is 7.77. The van der Waals surface area contributed by atoms with Gasteiger partial charge in [0.25, 0.3) is 0 Å². The molecule has 2 atom stereocenters. The fraction of sp³-hybridized carbons (Fsp3) is 0.500. The molecule has 1 saturated heterocycles. The fourth-order valence-electron chi connectivity index (χ4n) is 5.52. The molecule has 5 heteroatoms. The van der Waals surface area contributed by atoms with Crippen molar-refractivity contribution in [3.05, 3.63) is 47.5 Å². The van der Waals surface area contributed by atoms with Crippen LogP contribution < -0.4 is 19.3 Å². The third-order valence-electron chi connectivity index (χ3n) is 7.07. The van der Waals surface area contributed by atoms with E-state index < -0.39 is 0 Å². The Kier molecular flexibility index (Phi) is 4.78. The molecule has 0 radical (unpaired) electrons. The highest BCUT2D eigenvalue weighted by atomic mass is 16.5. The summed E-state index contributed by atoms with van der Waals surface area (Å²) in [6, 6.07) is 13.7. The highest BCUT2D eigenvalue weighted by Crippen LogP contribution is 2.50. The first-order valence-corrected chi connectivity index (χ1v) is 10.7.